The predicted molar refractivity (Wildman–Crippen MR) is 154 cm³/mol. The van der Waals surface area contributed by atoms with E-state index >= 15 is 0 Å². The van der Waals surface area contributed by atoms with Gasteiger partial charge in [-0.2, -0.15) is 0 Å². The number of hydrogen-bond donors (Lipinski definition) is 3. The number of nitrogens with one attached hydrogen (secondary N) is 3. The third-order valence-corrected chi connectivity index (χ3v) is 9.76. The van der Waals surface area contributed by atoms with E-state index in [0.717, 1.165) is 37.7 Å². The van der Waals surface area contributed by atoms with E-state index in [0.29, 0.717) is 37.4 Å². The Morgan fingerprint density at radius 2 is 1.95 bits per heavy atom. The molecule has 2 aromatic rings. The second-order valence-electron chi connectivity index (χ2n) is 11.9. The Morgan fingerprint density at radius 3 is 2.64 bits per heavy atom. The number of likely N-dealkylation sites (tertiary alicyclic amines) is 1. The lowest BCUT2D eigenvalue weighted by atomic mass is 9.87. The molecule has 1 spiro atoms. The first-order chi connectivity index (χ1) is 20.3. The van der Waals surface area contributed by atoms with Crippen LogP contribution in [0.4, 0.5) is 0 Å². The van der Waals surface area contributed by atoms with Crippen molar-refractivity contribution in [3.05, 3.63) is 34.7 Å². The van der Waals surface area contributed by atoms with Crippen LogP contribution < -0.4 is 20.7 Å². The van der Waals surface area contributed by atoms with Gasteiger partial charge in [-0.25, -0.2) is 4.98 Å². The van der Waals surface area contributed by atoms with Gasteiger partial charge in [0, 0.05) is 36.0 Å². The lowest BCUT2D eigenvalue weighted by molar-refractivity contribution is -0.141. The lowest BCUT2D eigenvalue weighted by Crippen LogP contribution is -2.58. The normalized spacial score (nSPS) is 23.2. The molecule has 0 radical (unpaired) electrons. The molecule has 42 heavy (non-hydrogen) atoms. The quantitative estimate of drug-likeness (QED) is 0.358. The van der Waals surface area contributed by atoms with Gasteiger partial charge in [-0.1, -0.05) is 12.1 Å². The second-order valence-corrected chi connectivity index (χ2v) is 12.8. The predicted octanol–water partition coefficient (Wildman–Crippen LogP) is 2.06. The summed E-state index contributed by atoms with van der Waals surface area (Å²) in [6, 6.07) is 5.44. The van der Waals surface area contributed by atoms with Crippen molar-refractivity contribution in [2.24, 2.45) is 11.3 Å². The van der Waals surface area contributed by atoms with Gasteiger partial charge in [0.05, 0.1) is 18.8 Å². The van der Waals surface area contributed by atoms with Crippen molar-refractivity contribution in [2.75, 3.05) is 20.2 Å². The molecule has 2 saturated heterocycles. The van der Waals surface area contributed by atoms with E-state index in [9.17, 15) is 24.0 Å². The molecular formula is C30H35N5O6S. The minimum absolute atomic E-state index is 0.0123. The highest BCUT2D eigenvalue weighted by molar-refractivity contribution is 7.12. The number of hydrogen-bond acceptors (Lipinski definition) is 8. The van der Waals surface area contributed by atoms with E-state index in [4.69, 9.17) is 4.74 Å². The number of rotatable bonds is 10. The number of ether oxygens (including phenoxy) is 1. The molecule has 11 nitrogen and oxygen atoms in total. The largest absolute Gasteiger partial charge is 0.496 e. The Kier molecular flexibility index (Phi) is 7.73. The molecule has 12 heteroatoms. The lowest BCUT2D eigenvalue weighted by Gasteiger charge is -2.39. The van der Waals surface area contributed by atoms with Gasteiger partial charge in [-0.3, -0.25) is 24.0 Å². The van der Waals surface area contributed by atoms with Gasteiger partial charge in [0.15, 0.2) is 5.01 Å². The van der Waals surface area contributed by atoms with Gasteiger partial charge in [-0.15, -0.1) is 11.3 Å². The molecular weight excluding hydrogens is 558 g/mol. The molecule has 4 amide bonds. The molecule has 222 valence electrons. The molecule has 3 atom stereocenters. The van der Waals surface area contributed by atoms with Crippen LogP contribution in [-0.2, 0) is 19.2 Å². The number of nitrogens with zero attached hydrogens (tertiary/aromatic N) is 2. The Labute approximate surface area is 247 Å². The van der Waals surface area contributed by atoms with Crippen molar-refractivity contribution < 1.29 is 28.7 Å². The maximum atomic E-state index is 13.9. The topological polar surface area (TPSA) is 147 Å². The minimum atomic E-state index is -1.16. The first-order valence-electron chi connectivity index (χ1n) is 14.6. The van der Waals surface area contributed by atoms with E-state index in [-0.39, 0.29) is 34.7 Å². The molecule has 4 aliphatic rings. The molecule has 3 heterocycles. The first-order valence-corrected chi connectivity index (χ1v) is 15.5. The average Bonchev–Trinajstić information content (AvgIpc) is 3.87. The fourth-order valence-electron chi connectivity index (χ4n) is 6.02. The van der Waals surface area contributed by atoms with Crippen molar-refractivity contribution in [3.63, 3.8) is 0 Å². The molecule has 1 aromatic carbocycles. The third-order valence-electron chi connectivity index (χ3n) is 8.93. The smallest absolute Gasteiger partial charge is 0.289 e. The van der Waals surface area contributed by atoms with Crippen LogP contribution in [-0.4, -0.2) is 77.6 Å². The summed E-state index contributed by atoms with van der Waals surface area (Å²) in [7, 11) is 1.58. The fourth-order valence-corrected chi connectivity index (χ4v) is 6.79. The number of amides is 4. The van der Waals surface area contributed by atoms with Crippen molar-refractivity contribution in [2.45, 2.75) is 69.5 Å². The summed E-state index contributed by atoms with van der Waals surface area (Å²) in [6.45, 7) is 0.886. The van der Waals surface area contributed by atoms with Crippen molar-refractivity contribution in [1.82, 2.24) is 25.8 Å². The number of ketones is 1. The van der Waals surface area contributed by atoms with E-state index < -0.39 is 35.6 Å². The van der Waals surface area contributed by atoms with Crippen LogP contribution in [0.1, 0.15) is 61.2 Å². The van der Waals surface area contributed by atoms with E-state index in [1.807, 2.05) is 24.3 Å². The van der Waals surface area contributed by atoms with Crippen molar-refractivity contribution >= 4 is 40.7 Å². The molecule has 2 saturated carbocycles. The summed E-state index contributed by atoms with van der Waals surface area (Å²) >= 11 is 1.21. The average molecular weight is 594 g/mol. The van der Waals surface area contributed by atoms with Gasteiger partial charge in [0.2, 0.25) is 17.6 Å². The summed E-state index contributed by atoms with van der Waals surface area (Å²) in [5, 5.41) is 10.3. The summed E-state index contributed by atoms with van der Waals surface area (Å²) in [4.78, 5) is 72.1. The highest BCUT2D eigenvalue weighted by Gasteiger charge is 2.52. The molecule has 2 aliphatic heterocycles. The maximum absolute atomic E-state index is 13.9. The number of carbonyl (C=O) groups excluding carboxylic acids is 5. The minimum Gasteiger partial charge on any atom is -0.496 e. The molecule has 3 N–H and O–H groups in total. The van der Waals surface area contributed by atoms with Gasteiger partial charge in [0.1, 0.15) is 11.8 Å². The first kappa shape index (κ1) is 28.3. The van der Waals surface area contributed by atoms with Gasteiger partial charge in [0.25, 0.3) is 11.8 Å². The second kappa shape index (κ2) is 11.5. The van der Waals surface area contributed by atoms with Crippen LogP contribution >= 0.6 is 11.3 Å². The van der Waals surface area contributed by atoms with Crippen molar-refractivity contribution in [3.8, 4) is 17.0 Å². The molecule has 4 fully saturated rings. The zero-order chi connectivity index (χ0) is 29.4. The Morgan fingerprint density at radius 1 is 1.17 bits per heavy atom. The van der Waals surface area contributed by atoms with Crippen LogP contribution in [0.15, 0.2) is 29.6 Å². The number of thiazole rings is 1. The zero-order valence-corrected chi connectivity index (χ0v) is 24.3. The SMILES string of the molecule is COc1ccccc1-c1csc(C(=O)N2CCC3(CC3)CC2C(=O)NC(CC2CCNC2=O)C(=O)C(=O)NC2CC2)n1. The molecule has 2 aliphatic carbocycles. The van der Waals surface area contributed by atoms with E-state index in [2.05, 4.69) is 20.9 Å². The number of Topliss-reactive ketones (excluding diaryl/α,β-unsaturated/α-hetero) is 1. The van der Waals surface area contributed by atoms with Crippen LogP contribution in [0.2, 0.25) is 0 Å². The Bertz CT molecular complexity index is 1420. The summed E-state index contributed by atoms with van der Waals surface area (Å²) in [6.07, 6.45) is 5.45. The van der Waals surface area contributed by atoms with Crippen molar-refractivity contribution in [1.29, 1.82) is 0 Å². The zero-order valence-electron chi connectivity index (χ0n) is 23.5. The highest BCUT2D eigenvalue weighted by Crippen LogP contribution is 2.55. The number of methoxy groups -OCH3 is 1. The molecule has 6 rings (SSSR count). The highest BCUT2D eigenvalue weighted by atomic mass is 32.1. The monoisotopic (exact) mass is 593 g/mol. The van der Waals surface area contributed by atoms with Crippen LogP contribution in [0, 0.1) is 11.3 Å². The fraction of sp³-hybridized carbons (Fsp3) is 0.533. The summed E-state index contributed by atoms with van der Waals surface area (Å²) in [5.74, 6) is -2.35. The van der Waals surface area contributed by atoms with Crippen LogP contribution in [0.5, 0.6) is 5.75 Å². The summed E-state index contributed by atoms with van der Waals surface area (Å²) < 4.78 is 5.45. The Hall–Kier alpha value is -3.80. The number of piperidine rings is 1. The molecule has 1 aromatic heterocycles. The number of aromatic nitrogens is 1. The van der Waals surface area contributed by atoms with Crippen LogP contribution in [0.3, 0.4) is 0 Å². The molecule has 3 unspecified atom stereocenters. The summed E-state index contributed by atoms with van der Waals surface area (Å²) in [5.41, 5.74) is 1.39. The van der Waals surface area contributed by atoms with E-state index in [1.165, 1.54) is 11.3 Å². The van der Waals surface area contributed by atoms with Gasteiger partial charge < -0.3 is 25.6 Å². The third kappa shape index (κ3) is 5.90. The number of benzene rings is 1. The van der Waals surface area contributed by atoms with Gasteiger partial charge in [-0.05, 0) is 68.9 Å². The number of para-hydroxylation sites is 1. The number of carbonyl (C=O) groups is 5. The van der Waals surface area contributed by atoms with E-state index in [1.54, 1.807) is 17.4 Å². The van der Waals surface area contributed by atoms with Crippen LogP contribution in [0.25, 0.3) is 11.3 Å². The molecule has 0 bridgehead atoms. The van der Waals surface area contributed by atoms with Gasteiger partial charge >= 0.3 is 0 Å². The standard InChI is InChI=1S/C30H35N5O6S/c1-41-23-5-3-2-4-19(23)21-16-42-28(34-21)29(40)35-13-11-30(9-10-30)15-22(35)26(38)33-20(14-17-8-12-31-25(17)37)24(36)27(39)32-18-6-7-18/h2-5,16-18,20,22H,6-15H2,1H3,(H,31,37)(H,32,39)(H,33,38). The Balaban J connectivity index is 1.22. The maximum Gasteiger partial charge on any atom is 0.289 e.